The molecule has 0 aliphatic heterocycles. The maximum atomic E-state index is 9.45. The quantitative estimate of drug-likeness (QED) is 0.574. The highest BCUT2D eigenvalue weighted by molar-refractivity contribution is 6.74. The third-order valence-electron chi connectivity index (χ3n) is 6.57. The maximum Gasteiger partial charge on any atom is 0.192 e. The van der Waals surface area contributed by atoms with Crippen molar-refractivity contribution in [2.75, 3.05) is 6.61 Å². The Morgan fingerprint density at radius 2 is 1.46 bits per heavy atom. The van der Waals surface area contributed by atoms with Crippen molar-refractivity contribution in [2.24, 2.45) is 0 Å². The van der Waals surface area contributed by atoms with Crippen molar-refractivity contribution in [1.29, 1.82) is 0 Å². The highest BCUT2D eigenvalue weighted by Gasteiger charge is 2.44. The highest BCUT2D eigenvalue weighted by atomic mass is 28.4. The van der Waals surface area contributed by atoms with Crippen molar-refractivity contribution in [3.63, 3.8) is 0 Å². The Morgan fingerprint density at radius 3 is 1.88 bits per heavy atom. The molecule has 1 aliphatic carbocycles. The summed E-state index contributed by atoms with van der Waals surface area (Å²) >= 11 is 0. The first-order valence-corrected chi connectivity index (χ1v) is 15.7. The molecule has 3 nitrogen and oxygen atoms in total. The van der Waals surface area contributed by atoms with E-state index < -0.39 is 16.6 Å². The Bertz CT molecular complexity index is 536. The van der Waals surface area contributed by atoms with Gasteiger partial charge in [-0.15, -0.1) is 0 Å². The van der Waals surface area contributed by atoms with E-state index in [2.05, 4.69) is 74.3 Å². The van der Waals surface area contributed by atoms with Crippen LogP contribution in [0.5, 0.6) is 0 Å². The zero-order valence-electron chi connectivity index (χ0n) is 18.8. The summed E-state index contributed by atoms with van der Waals surface area (Å²) in [7, 11) is -3.76. The molecule has 1 fully saturated rings. The van der Waals surface area contributed by atoms with E-state index in [0.29, 0.717) is 0 Å². The van der Waals surface area contributed by atoms with Gasteiger partial charge in [0, 0.05) is 6.42 Å². The molecule has 0 radical (unpaired) electrons. The fourth-order valence-electron chi connectivity index (χ4n) is 2.71. The summed E-state index contributed by atoms with van der Waals surface area (Å²) in [6.45, 7) is 27.1. The van der Waals surface area contributed by atoms with Crippen LogP contribution in [0.1, 0.15) is 54.4 Å². The van der Waals surface area contributed by atoms with E-state index in [9.17, 15) is 5.11 Å². The predicted molar refractivity (Wildman–Crippen MR) is 118 cm³/mol. The Balaban J connectivity index is 3.08. The average molecular weight is 399 g/mol. The molecule has 0 aromatic rings. The molecule has 1 saturated carbocycles. The Labute approximate surface area is 164 Å². The molecule has 0 bridgehead atoms. The summed E-state index contributed by atoms with van der Waals surface area (Å²) in [6, 6.07) is 0. The number of hydrogen-bond acceptors (Lipinski definition) is 3. The molecule has 0 aromatic heterocycles. The minimum absolute atomic E-state index is 0.0165. The molecule has 1 aliphatic rings. The van der Waals surface area contributed by atoms with Crippen LogP contribution in [0, 0.1) is 0 Å². The first kappa shape index (κ1) is 23.8. The van der Waals surface area contributed by atoms with Gasteiger partial charge in [-0.2, -0.15) is 0 Å². The lowest BCUT2D eigenvalue weighted by molar-refractivity contribution is 0.0967. The molecule has 2 atom stereocenters. The van der Waals surface area contributed by atoms with Gasteiger partial charge in [-0.3, -0.25) is 0 Å². The lowest BCUT2D eigenvalue weighted by atomic mass is 9.86. The second-order valence-corrected chi connectivity index (χ2v) is 20.3. The van der Waals surface area contributed by atoms with Crippen LogP contribution < -0.4 is 0 Å². The molecule has 26 heavy (non-hydrogen) atoms. The van der Waals surface area contributed by atoms with E-state index in [4.69, 9.17) is 8.85 Å². The number of aliphatic hydroxyl groups excluding tert-OH is 1. The Morgan fingerprint density at radius 1 is 1.00 bits per heavy atom. The molecule has 1 N–H and O–H groups in total. The summed E-state index contributed by atoms with van der Waals surface area (Å²) in [5.41, 5.74) is 2.13. The zero-order chi connectivity index (χ0) is 20.6. The van der Waals surface area contributed by atoms with Crippen LogP contribution in [0.3, 0.4) is 0 Å². The van der Waals surface area contributed by atoms with E-state index in [1.54, 1.807) is 0 Å². The van der Waals surface area contributed by atoms with E-state index in [-0.39, 0.29) is 28.9 Å². The van der Waals surface area contributed by atoms with Crippen LogP contribution in [0.2, 0.25) is 36.3 Å². The van der Waals surface area contributed by atoms with Gasteiger partial charge in [-0.05, 0) is 53.8 Å². The van der Waals surface area contributed by atoms with Gasteiger partial charge in [-0.25, -0.2) is 0 Å². The van der Waals surface area contributed by atoms with Gasteiger partial charge in [0.2, 0.25) is 0 Å². The lowest BCUT2D eigenvalue weighted by Gasteiger charge is -2.45. The molecule has 0 amide bonds. The van der Waals surface area contributed by atoms with E-state index in [1.807, 2.05) is 6.08 Å². The first-order chi connectivity index (χ1) is 11.5. The SMILES string of the molecule is C=C1/C(=C/CO)CC(O[Si](C)(C)C(C)(C)C)C[C@H]1O[Si](C)(C)C(C)(C)C. The fourth-order valence-corrected chi connectivity index (χ4v) is 5.38. The second-order valence-electron chi connectivity index (χ2n) is 10.7. The van der Waals surface area contributed by atoms with Gasteiger partial charge >= 0.3 is 0 Å². The zero-order valence-corrected chi connectivity index (χ0v) is 20.8. The van der Waals surface area contributed by atoms with Crippen LogP contribution in [-0.2, 0) is 8.85 Å². The monoisotopic (exact) mass is 398 g/mol. The van der Waals surface area contributed by atoms with Crippen LogP contribution in [0.25, 0.3) is 0 Å². The summed E-state index contributed by atoms with van der Waals surface area (Å²) in [5, 5.41) is 9.78. The molecule has 0 saturated heterocycles. The van der Waals surface area contributed by atoms with Gasteiger partial charge in [0.05, 0.1) is 18.8 Å². The average Bonchev–Trinajstić information content (AvgIpc) is 2.40. The smallest absolute Gasteiger partial charge is 0.192 e. The third kappa shape index (κ3) is 5.65. The van der Waals surface area contributed by atoms with Crippen molar-refractivity contribution >= 4 is 16.6 Å². The van der Waals surface area contributed by atoms with E-state index in [0.717, 1.165) is 24.0 Å². The molecule has 1 rings (SSSR count). The van der Waals surface area contributed by atoms with Gasteiger partial charge in [0.25, 0.3) is 0 Å². The molecule has 1 unspecified atom stereocenters. The number of aliphatic hydroxyl groups is 1. The predicted octanol–water partition coefficient (Wildman–Crippen LogP) is 6.04. The number of rotatable bonds is 5. The first-order valence-electron chi connectivity index (χ1n) is 9.86. The minimum Gasteiger partial charge on any atom is -0.413 e. The second kappa shape index (κ2) is 8.04. The summed E-state index contributed by atoms with van der Waals surface area (Å²) in [5.74, 6) is 0. The Kier molecular flexibility index (Phi) is 7.37. The molecule has 152 valence electrons. The molecule has 0 heterocycles. The fraction of sp³-hybridized carbons (Fsp3) is 0.810. The van der Waals surface area contributed by atoms with Crippen LogP contribution in [-0.4, -0.2) is 40.6 Å². The standard InChI is InChI=1S/C21H42O3Si2/c1-16-17(12-13-22)14-18(23-25(8,9)20(2,3)4)15-19(16)24-26(10,11)21(5,6)7/h12,18-19,22H,1,13-15H2,2-11H3/b17-12+/t18?,19-/m1/s1. The maximum absolute atomic E-state index is 9.45. The van der Waals surface area contributed by atoms with Crippen molar-refractivity contribution in [2.45, 2.75) is 103 Å². The lowest BCUT2D eigenvalue weighted by Crippen LogP contribution is -2.49. The van der Waals surface area contributed by atoms with Crippen LogP contribution in [0.15, 0.2) is 23.8 Å². The summed E-state index contributed by atoms with van der Waals surface area (Å²) in [4.78, 5) is 0. The van der Waals surface area contributed by atoms with Crippen LogP contribution in [0.4, 0.5) is 0 Å². The molecule has 0 aromatic carbocycles. The van der Waals surface area contributed by atoms with Crippen molar-refractivity contribution < 1.29 is 14.0 Å². The van der Waals surface area contributed by atoms with Crippen molar-refractivity contribution in [1.82, 2.24) is 0 Å². The molecular formula is C21H42O3Si2. The summed E-state index contributed by atoms with van der Waals surface area (Å²) < 4.78 is 13.4. The van der Waals surface area contributed by atoms with E-state index in [1.165, 1.54) is 0 Å². The molecule has 5 heteroatoms. The number of hydrogen-bond donors (Lipinski definition) is 1. The highest BCUT2D eigenvalue weighted by Crippen LogP contribution is 2.43. The normalized spacial score (nSPS) is 25.0. The largest absolute Gasteiger partial charge is 0.413 e. The van der Waals surface area contributed by atoms with Crippen molar-refractivity contribution in [3.05, 3.63) is 23.8 Å². The van der Waals surface area contributed by atoms with Gasteiger partial charge in [0.15, 0.2) is 16.6 Å². The topological polar surface area (TPSA) is 38.7 Å². The Hall–Kier alpha value is -0.206. The van der Waals surface area contributed by atoms with Crippen LogP contribution >= 0.6 is 0 Å². The summed E-state index contributed by atoms with van der Waals surface area (Å²) in [6.07, 6.45) is 3.68. The van der Waals surface area contributed by atoms with Gasteiger partial charge in [0.1, 0.15) is 0 Å². The minimum atomic E-state index is -1.91. The van der Waals surface area contributed by atoms with Crippen molar-refractivity contribution in [3.8, 4) is 0 Å². The third-order valence-corrected chi connectivity index (χ3v) is 15.6. The van der Waals surface area contributed by atoms with Gasteiger partial charge in [-0.1, -0.05) is 54.2 Å². The van der Waals surface area contributed by atoms with Gasteiger partial charge < -0.3 is 14.0 Å². The van der Waals surface area contributed by atoms with E-state index >= 15 is 0 Å². The molecular weight excluding hydrogens is 356 g/mol. The molecule has 0 spiro atoms.